The van der Waals surface area contributed by atoms with Gasteiger partial charge in [-0.25, -0.2) is 9.59 Å². The Labute approximate surface area is 130 Å². The fourth-order valence-corrected chi connectivity index (χ4v) is 2.04. The van der Waals surface area contributed by atoms with Crippen LogP contribution in [0.3, 0.4) is 0 Å². The molecular formula is C13H16BrN3O4. The molecule has 21 heavy (non-hydrogen) atoms. The van der Waals surface area contributed by atoms with E-state index in [0.717, 1.165) is 0 Å². The van der Waals surface area contributed by atoms with E-state index in [4.69, 9.17) is 10.8 Å². The summed E-state index contributed by atoms with van der Waals surface area (Å²) in [5, 5.41) is 14.0. The van der Waals surface area contributed by atoms with Gasteiger partial charge in [0.1, 0.15) is 0 Å². The zero-order valence-electron chi connectivity index (χ0n) is 11.6. The van der Waals surface area contributed by atoms with Crippen molar-refractivity contribution >= 4 is 39.5 Å². The highest BCUT2D eigenvalue weighted by atomic mass is 79.9. The maximum atomic E-state index is 11.9. The van der Waals surface area contributed by atoms with Crippen molar-refractivity contribution in [3.8, 4) is 0 Å². The lowest BCUT2D eigenvalue weighted by Gasteiger charge is -2.25. The van der Waals surface area contributed by atoms with E-state index in [-0.39, 0.29) is 12.0 Å². The molecule has 0 fully saturated rings. The predicted molar refractivity (Wildman–Crippen MR) is 81.1 cm³/mol. The smallest absolute Gasteiger partial charge is 0.335 e. The Morgan fingerprint density at radius 2 is 1.95 bits per heavy atom. The molecule has 0 heterocycles. The highest BCUT2D eigenvalue weighted by molar-refractivity contribution is 9.10. The number of rotatable bonds is 5. The van der Waals surface area contributed by atoms with E-state index in [0.29, 0.717) is 10.2 Å². The number of nitrogens with two attached hydrogens (primary N) is 1. The quantitative estimate of drug-likeness (QED) is 0.642. The Balaban J connectivity index is 2.81. The summed E-state index contributed by atoms with van der Waals surface area (Å²) >= 11 is 3.22. The van der Waals surface area contributed by atoms with Gasteiger partial charge in [0.15, 0.2) is 0 Å². The Hall–Kier alpha value is -2.09. The summed E-state index contributed by atoms with van der Waals surface area (Å²) < 4.78 is 0.537. The predicted octanol–water partition coefficient (Wildman–Crippen LogP) is 1.92. The van der Waals surface area contributed by atoms with Crippen LogP contribution in [0, 0.1) is 0 Å². The average Bonchev–Trinajstić information content (AvgIpc) is 2.28. The summed E-state index contributed by atoms with van der Waals surface area (Å²) in [6.07, 6.45) is -0.0171. The van der Waals surface area contributed by atoms with Gasteiger partial charge in [0.25, 0.3) is 0 Å². The number of benzene rings is 1. The third-order valence-corrected chi connectivity index (χ3v) is 3.22. The molecule has 0 saturated carbocycles. The van der Waals surface area contributed by atoms with Crippen molar-refractivity contribution in [2.75, 3.05) is 5.32 Å². The van der Waals surface area contributed by atoms with Crippen LogP contribution < -0.4 is 16.4 Å². The van der Waals surface area contributed by atoms with Crippen LogP contribution in [0.15, 0.2) is 22.7 Å². The van der Waals surface area contributed by atoms with E-state index in [1.54, 1.807) is 13.8 Å². The highest BCUT2D eigenvalue weighted by Crippen LogP contribution is 2.24. The van der Waals surface area contributed by atoms with Gasteiger partial charge in [0, 0.05) is 16.4 Å². The number of urea groups is 1. The number of hydrogen-bond acceptors (Lipinski definition) is 3. The molecule has 0 saturated heterocycles. The monoisotopic (exact) mass is 357 g/mol. The number of aromatic carboxylic acids is 1. The first-order valence-electron chi connectivity index (χ1n) is 6.01. The molecule has 7 nitrogen and oxygen atoms in total. The van der Waals surface area contributed by atoms with Gasteiger partial charge in [-0.2, -0.15) is 0 Å². The largest absolute Gasteiger partial charge is 0.478 e. The molecule has 0 radical (unpaired) electrons. The Morgan fingerprint density at radius 3 is 2.48 bits per heavy atom. The van der Waals surface area contributed by atoms with Crippen LogP contribution in [0.2, 0.25) is 0 Å². The van der Waals surface area contributed by atoms with E-state index >= 15 is 0 Å². The topological polar surface area (TPSA) is 122 Å². The minimum Gasteiger partial charge on any atom is -0.478 e. The summed E-state index contributed by atoms with van der Waals surface area (Å²) in [4.78, 5) is 33.7. The van der Waals surface area contributed by atoms with Crippen molar-refractivity contribution < 1.29 is 19.5 Å². The minimum atomic E-state index is -1.10. The van der Waals surface area contributed by atoms with Crippen LogP contribution >= 0.6 is 15.9 Å². The van der Waals surface area contributed by atoms with Gasteiger partial charge < -0.3 is 21.5 Å². The molecule has 0 bridgehead atoms. The third-order valence-electron chi connectivity index (χ3n) is 2.53. The number of carbonyl (C=O) groups excluding carboxylic acids is 2. The molecule has 1 aromatic rings. The Bertz CT molecular complexity index is 587. The van der Waals surface area contributed by atoms with Gasteiger partial charge in [-0.05, 0) is 48.0 Å². The molecule has 0 aromatic heterocycles. The molecule has 8 heteroatoms. The van der Waals surface area contributed by atoms with Gasteiger partial charge in [-0.3, -0.25) is 4.79 Å². The van der Waals surface area contributed by atoms with Crippen LogP contribution in [0.1, 0.15) is 30.6 Å². The first-order valence-corrected chi connectivity index (χ1v) is 6.80. The van der Waals surface area contributed by atoms with Crippen LogP contribution in [-0.2, 0) is 4.79 Å². The van der Waals surface area contributed by atoms with Gasteiger partial charge in [-0.1, -0.05) is 0 Å². The number of amides is 3. The van der Waals surface area contributed by atoms with E-state index in [2.05, 4.69) is 26.6 Å². The molecular weight excluding hydrogens is 342 g/mol. The molecule has 114 valence electrons. The summed E-state index contributed by atoms with van der Waals surface area (Å²) in [6, 6.07) is 3.69. The SMILES string of the molecule is CC(C)(CC(N)=O)NC(=O)Nc1cc(C(=O)O)ccc1Br. The minimum absolute atomic E-state index is 0.0171. The molecule has 0 unspecified atom stereocenters. The molecule has 3 amide bonds. The molecule has 0 atom stereocenters. The van der Waals surface area contributed by atoms with Crippen molar-refractivity contribution in [2.24, 2.45) is 5.73 Å². The van der Waals surface area contributed by atoms with Crippen LogP contribution in [0.25, 0.3) is 0 Å². The molecule has 0 spiro atoms. The number of carbonyl (C=O) groups is 3. The van der Waals surface area contributed by atoms with Crippen LogP contribution in [-0.4, -0.2) is 28.6 Å². The lowest BCUT2D eigenvalue weighted by molar-refractivity contribution is -0.119. The van der Waals surface area contributed by atoms with Crippen molar-refractivity contribution in [2.45, 2.75) is 25.8 Å². The number of primary amides is 1. The Kier molecular flexibility index (Phi) is 5.31. The van der Waals surface area contributed by atoms with Crippen LogP contribution in [0.5, 0.6) is 0 Å². The molecule has 0 aliphatic rings. The van der Waals surface area contributed by atoms with Crippen molar-refractivity contribution in [1.29, 1.82) is 0 Å². The molecule has 5 N–H and O–H groups in total. The molecule has 0 aliphatic heterocycles. The molecule has 0 aliphatic carbocycles. The van der Waals surface area contributed by atoms with Gasteiger partial charge in [0.05, 0.1) is 11.3 Å². The number of anilines is 1. The first kappa shape index (κ1) is 17.0. The second kappa shape index (κ2) is 6.57. The number of carboxylic acids is 1. The summed E-state index contributed by atoms with van der Waals surface area (Å²) in [5.41, 5.74) is 4.64. The zero-order chi connectivity index (χ0) is 16.2. The number of hydrogen-bond donors (Lipinski definition) is 4. The van der Waals surface area contributed by atoms with Crippen molar-refractivity contribution in [3.63, 3.8) is 0 Å². The standard InChI is InChI=1S/C13H16BrN3O4/c1-13(2,6-10(15)18)17-12(21)16-9-5-7(11(19)20)3-4-8(9)14/h3-5H,6H2,1-2H3,(H2,15,18)(H,19,20)(H2,16,17,21). The second-order valence-electron chi connectivity index (χ2n) is 5.11. The fraction of sp³-hybridized carbons (Fsp3) is 0.308. The fourth-order valence-electron chi connectivity index (χ4n) is 1.69. The van der Waals surface area contributed by atoms with Gasteiger partial charge in [-0.15, -0.1) is 0 Å². The lowest BCUT2D eigenvalue weighted by atomic mass is 10.0. The van der Waals surface area contributed by atoms with Crippen molar-refractivity contribution in [3.05, 3.63) is 28.2 Å². The third kappa shape index (κ3) is 5.42. The maximum Gasteiger partial charge on any atom is 0.335 e. The van der Waals surface area contributed by atoms with Gasteiger partial charge >= 0.3 is 12.0 Å². The highest BCUT2D eigenvalue weighted by Gasteiger charge is 2.23. The number of halogens is 1. The lowest BCUT2D eigenvalue weighted by Crippen LogP contribution is -2.47. The molecule has 1 rings (SSSR count). The summed E-state index contributed by atoms with van der Waals surface area (Å²) in [6.45, 7) is 3.31. The summed E-state index contributed by atoms with van der Waals surface area (Å²) in [5.74, 6) is -1.63. The average molecular weight is 358 g/mol. The zero-order valence-corrected chi connectivity index (χ0v) is 13.2. The Morgan fingerprint density at radius 1 is 1.33 bits per heavy atom. The van der Waals surface area contributed by atoms with Gasteiger partial charge in [0.2, 0.25) is 5.91 Å². The maximum absolute atomic E-state index is 11.9. The summed E-state index contributed by atoms with van der Waals surface area (Å²) in [7, 11) is 0. The van der Waals surface area contributed by atoms with E-state index in [9.17, 15) is 14.4 Å². The van der Waals surface area contributed by atoms with Crippen molar-refractivity contribution in [1.82, 2.24) is 5.32 Å². The van der Waals surface area contributed by atoms with E-state index < -0.39 is 23.4 Å². The normalized spacial score (nSPS) is 10.8. The van der Waals surface area contributed by atoms with E-state index in [1.807, 2.05) is 0 Å². The molecule has 1 aromatic carbocycles. The first-order chi connectivity index (χ1) is 9.60. The number of nitrogens with one attached hydrogen (secondary N) is 2. The van der Waals surface area contributed by atoms with E-state index in [1.165, 1.54) is 18.2 Å². The second-order valence-corrected chi connectivity index (χ2v) is 5.96. The number of carboxylic acid groups (broad SMARTS) is 1. The van der Waals surface area contributed by atoms with Crippen LogP contribution in [0.4, 0.5) is 10.5 Å².